The lowest BCUT2D eigenvalue weighted by Crippen LogP contribution is -2.28. The van der Waals surface area contributed by atoms with Gasteiger partial charge in [-0.25, -0.2) is 9.78 Å². The van der Waals surface area contributed by atoms with Crippen molar-refractivity contribution in [3.8, 4) is 6.07 Å². The predicted molar refractivity (Wildman–Crippen MR) is 131 cm³/mol. The largest absolute Gasteiger partial charge is 0.389 e. The number of hydrogen-bond donors (Lipinski definition) is 4. The number of hydrogen-bond acceptors (Lipinski definition) is 5. The van der Waals surface area contributed by atoms with Crippen molar-refractivity contribution in [2.24, 2.45) is 5.41 Å². The number of carbonyl (C=O) groups is 1. The Balaban J connectivity index is 1.82. The van der Waals surface area contributed by atoms with Gasteiger partial charge in [-0.3, -0.25) is 5.32 Å². The highest BCUT2D eigenvalue weighted by atomic mass is 16.3. The number of anilines is 2. The molecule has 2 amide bonds. The van der Waals surface area contributed by atoms with Crippen LogP contribution in [-0.2, 0) is 13.1 Å². The molecule has 0 unspecified atom stereocenters. The number of fused-ring (bicyclic) bond motifs is 1. The molecule has 0 bridgehead atoms. The molecule has 3 aromatic rings. The third-order valence-corrected chi connectivity index (χ3v) is 4.84. The first-order valence-electron chi connectivity index (χ1n) is 10.9. The van der Waals surface area contributed by atoms with Crippen LogP contribution in [0.25, 0.3) is 11.0 Å². The van der Waals surface area contributed by atoms with E-state index in [1.807, 2.05) is 24.3 Å². The highest BCUT2D eigenvalue weighted by molar-refractivity contribution is 5.99. The number of urea groups is 1. The number of nitrogens with one attached hydrogen (secondary N) is 3. The van der Waals surface area contributed by atoms with E-state index in [0.29, 0.717) is 23.7 Å². The number of benzene rings is 2. The van der Waals surface area contributed by atoms with Crippen LogP contribution in [0.5, 0.6) is 0 Å². The third-order valence-electron chi connectivity index (χ3n) is 4.84. The van der Waals surface area contributed by atoms with E-state index in [2.05, 4.69) is 41.7 Å². The summed E-state index contributed by atoms with van der Waals surface area (Å²) in [4.78, 5) is 17.3. The average Bonchev–Trinajstić information content (AvgIpc) is 3.02. The van der Waals surface area contributed by atoms with Crippen molar-refractivity contribution in [1.29, 1.82) is 5.26 Å². The first kappa shape index (κ1) is 24.2. The molecule has 8 heteroatoms. The lowest BCUT2D eigenvalue weighted by molar-refractivity contribution is 0.0632. The smallest absolute Gasteiger partial charge is 0.326 e. The summed E-state index contributed by atoms with van der Waals surface area (Å²) < 4.78 is 1.81. The Morgan fingerprint density at radius 1 is 1.09 bits per heavy atom. The molecular weight excluding hydrogens is 416 g/mol. The van der Waals surface area contributed by atoms with Crippen molar-refractivity contribution in [2.45, 2.75) is 53.3 Å². The Kier molecular flexibility index (Phi) is 7.06. The van der Waals surface area contributed by atoms with E-state index < -0.39 is 11.6 Å². The molecular formula is C25H32N6O2. The summed E-state index contributed by atoms with van der Waals surface area (Å²) in [5, 5.41) is 28.3. The second-order valence-corrected chi connectivity index (χ2v) is 10.1. The molecule has 2 aromatic carbocycles. The number of nitrogens with zero attached hydrogens (tertiary/aromatic N) is 3. The molecule has 1 aromatic heterocycles. The fraction of sp³-hybridized carbons (Fsp3) is 0.400. The highest BCUT2D eigenvalue weighted by Gasteiger charge is 2.21. The Labute approximate surface area is 194 Å². The van der Waals surface area contributed by atoms with Crippen LogP contribution in [0, 0.1) is 16.7 Å². The van der Waals surface area contributed by atoms with E-state index in [4.69, 9.17) is 5.26 Å². The van der Waals surface area contributed by atoms with Crippen LogP contribution in [0.4, 0.5) is 16.4 Å². The van der Waals surface area contributed by atoms with Crippen molar-refractivity contribution in [1.82, 2.24) is 14.9 Å². The fourth-order valence-corrected chi connectivity index (χ4v) is 3.40. The van der Waals surface area contributed by atoms with Crippen LogP contribution in [0.2, 0.25) is 0 Å². The number of nitriles is 1. The molecule has 0 spiro atoms. The first-order valence-corrected chi connectivity index (χ1v) is 10.9. The minimum absolute atomic E-state index is 0.192. The van der Waals surface area contributed by atoms with Gasteiger partial charge in [0.15, 0.2) is 0 Å². The van der Waals surface area contributed by atoms with Gasteiger partial charge in [-0.2, -0.15) is 5.26 Å². The lowest BCUT2D eigenvalue weighted by atomic mass is 9.97. The number of imidazole rings is 1. The summed E-state index contributed by atoms with van der Waals surface area (Å²) in [6.45, 7) is 11.8. The zero-order valence-corrected chi connectivity index (χ0v) is 19.9. The molecule has 0 atom stereocenters. The molecule has 0 saturated carbocycles. The van der Waals surface area contributed by atoms with Gasteiger partial charge in [-0.1, -0.05) is 26.8 Å². The van der Waals surface area contributed by atoms with Crippen LogP contribution in [0.15, 0.2) is 42.5 Å². The summed E-state index contributed by atoms with van der Waals surface area (Å²) in [6.07, 6.45) is 0. The molecule has 1 heterocycles. The van der Waals surface area contributed by atoms with E-state index in [1.165, 1.54) is 0 Å². The normalized spacial score (nSPS) is 11.9. The van der Waals surface area contributed by atoms with E-state index in [-0.39, 0.29) is 12.0 Å². The maximum Gasteiger partial charge on any atom is 0.326 e. The van der Waals surface area contributed by atoms with Crippen LogP contribution < -0.4 is 16.0 Å². The maximum absolute atomic E-state index is 12.6. The van der Waals surface area contributed by atoms with Gasteiger partial charge in [0, 0.05) is 18.8 Å². The molecule has 8 nitrogen and oxygen atoms in total. The molecule has 0 aliphatic heterocycles. The Morgan fingerprint density at radius 2 is 1.79 bits per heavy atom. The van der Waals surface area contributed by atoms with Gasteiger partial charge < -0.3 is 20.3 Å². The van der Waals surface area contributed by atoms with Gasteiger partial charge in [0.2, 0.25) is 5.95 Å². The first-order chi connectivity index (χ1) is 15.4. The SMILES string of the molecule is CC(C)(C)CNCc1ccc2c(c1)nc(NC(=O)Nc1ccc(C#N)cc1)n2CC(C)(C)O. The zero-order valence-electron chi connectivity index (χ0n) is 19.9. The van der Waals surface area contributed by atoms with Crippen LogP contribution >= 0.6 is 0 Å². The summed E-state index contributed by atoms with van der Waals surface area (Å²) in [7, 11) is 0. The van der Waals surface area contributed by atoms with E-state index in [9.17, 15) is 9.90 Å². The van der Waals surface area contributed by atoms with Gasteiger partial charge >= 0.3 is 6.03 Å². The molecule has 33 heavy (non-hydrogen) atoms. The number of aliphatic hydroxyl groups is 1. The fourth-order valence-electron chi connectivity index (χ4n) is 3.40. The Morgan fingerprint density at radius 3 is 2.39 bits per heavy atom. The number of amides is 2. The highest BCUT2D eigenvalue weighted by Crippen LogP contribution is 2.24. The van der Waals surface area contributed by atoms with Gasteiger partial charge in [0.05, 0.1) is 34.8 Å². The number of rotatable bonds is 7. The zero-order chi connectivity index (χ0) is 24.2. The van der Waals surface area contributed by atoms with Crippen molar-refractivity contribution in [3.63, 3.8) is 0 Å². The molecule has 0 aliphatic rings. The number of carbonyl (C=O) groups excluding carboxylic acids is 1. The molecule has 3 rings (SSSR count). The Hall–Kier alpha value is -3.41. The number of aromatic nitrogens is 2. The van der Waals surface area contributed by atoms with Crippen molar-refractivity contribution < 1.29 is 9.90 Å². The van der Waals surface area contributed by atoms with Crippen LogP contribution in [0.1, 0.15) is 45.7 Å². The van der Waals surface area contributed by atoms with Gasteiger partial charge in [-0.15, -0.1) is 0 Å². The minimum atomic E-state index is -0.999. The molecule has 0 fully saturated rings. The van der Waals surface area contributed by atoms with E-state index >= 15 is 0 Å². The standard InChI is InChI=1S/C25H32N6O2/c1-24(2,3)15-27-14-18-8-11-21-20(12-18)29-22(31(21)16-25(4,5)33)30-23(32)28-19-9-6-17(13-26)7-10-19/h6-12,27,33H,14-16H2,1-5H3,(H2,28,29,30,32). The van der Waals surface area contributed by atoms with E-state index in [0.717, 1.165) is 23.1 Å². The molecule has 174 valence electrons. The summed E-state index contributed by atoms with van der Waals surface area (Å²) in [5.41, 5.74) is 2.92. The van der Waals surface area contributed by atoms with Gasteiger partial charge in [-0.05, 0) is 61.2 Å². The predicted octanol–water partition coefficient (Wildman–Crippen LogP) is 4.46. The molecule has 0 radical (unpaired) electrons. The van der Waals surface area contributed by atoms with Crippen LogP contribution in [0.3, 0.4) is 0 Å². The third kappa shape index (κ3) is 7.04. The second kappa shape index (κ2) is 9.61. The minimum Gasteiger partial charge on any atom is -0.389 e. The summed E-state index contributed by atoms with van der Waals surface area (Å²) >= 11 is 0. The van der Waals surface area contributed by atoms with Crippen molar-refractivity contribution in [3.05, 3.63) is 53.6 Å². The second-order valence-electron chi connectivity index (χ2n) is 10.1. The maximum atomic E-state index is 12.6. The van der Waals surface area contributed by atoms with Gasteiger partial charge in [0.1, 0.15) is 0 Å². The molecule has 0 aliphatic carbocycles. The monoisotopic (exact) mass is 448 g/mol. The topological polar surface area (TPSA) is 115 Å². The average molecular weight is 449 g/mol. The molecule has 0 saturated heterocycles. The van der Waals surface area contributed by atoms with Gasteiger partial charge in [0.25, 0.3) is 0 Å². The summed E-state index contributed by atoms with van der Waals surface area (Å²) in [5.74, 6) is 0.345. The van der Waals surface area contributed by atoms with Crippen molar-refractivity contribution >= 4 is 28.7 Å². The van der Waals surface area contributed by atoms with Crippen molar-refractivity contribution in [2.75, 3.05) is 17.2 Å². The van der Waals surface area contributed by atoms with Crippen LogP contribution in [-0.4, -0.2) is 32.8 Å². The van der Waals surface area contributed by atoms with E-state index in [1.54, 1.807) is 42.7 Å². The quantitative estimate of drug-likeness (QED) is 0.426. The summed E-state index contributed by atoms with van der Waals surface area (Å²) in [6, 6.07) is 14.2. The lowest BCUT2D eigenvalue weighted by Gasteiger charge is -2.20. The molecule has 4 N–H and O–H groups in total. The Bertz CT molecular complexity index is 1160.